The Balaban J connectivity index is 1.97. The number of benzene rings is 1. The van der Waals surface area contributed by atoms with Gasteiger partial charge in [0.15, 0.2) is 0 Å². The van der Waals surface area contributed by atoms with E-state index >= 15 is 0 Å². The molecule has 1 amide bonds. The minimum absolute atomic E-state index is 0.164. The third-order valence-corrected chi connectivity index (χ3v) is 3.89. The van der Waals surface area contributed by atoms with E-state index in [1.165, 1.54) is 11.1 Å². The number of carbonyl (C=O) groups excluding carboxylic acids is 1. The summed E-state index contributed by atoms with van der Waals surface area (Å²) < 4.78 is 5.39. The molecule has 0 spiro atoms. The van der Waals surface area contributed by atoms with Gasteiger partial charge in [-0.1, -0.05) is 29.8 Å². The minimum atomic E-state index is -0.455. The largest absolute Gasteiger partial charge is 0.444 e. The van der Waals surface area contributed by atoms with Crippen LogP contribution in [0.25, 0.3) is 0 Å². The summed E-state index contributed by atoms with van der Waals surface area (Å²) in [5.74, 6) is 0.392. The van der Waals surface area contributed by atoms with Crippen molar-refractivity contribution in [3.63, 3.8) is 0 Å². The van der Waals surface area contributed by atoms with Crippen LogP contribution in [0.5, 0.6) is 0 Å². The SMILES string of the molecule is Cc1cccc(C[C@H]2CNCC[C@H]2NC(=O)OC(C)(C)C)c1. The third-order valence-electron chi connectivity index (χ3n) is 3.89. The van der Waals surface area contributed by atoms with Crippen molar-refractivity contribution in [3.8, 4) is 0 Å². The molecule has 1 aliphatic heterocycles. The predicted octanol–water partition coefficient (Wildman–Crippen LogP) is 3.04. The molecule has 1 saturated heterocycles. The number of piperidine rings is 1. The maximum Gasteiger partial charge on any atom is 0.407 e. The highest BCUT2D eigenvalue weighted by Crippen LogP contribution is 2.19. The van der Waals surface area contributed by atoms with Gasteiger partial charge in [-0.25, -0.2) is 4.79 Å². The Bertz CT molecular complexity index is 508. The minimum Gasteiger partial charge on any atom is -0.444 e. The molecule has 122 valence electrons. The highest BCUT2D eigenvalue weighted by molar-refractivity contribution is 5.68. The quantitative estimate of drug-likeness (QED) is 0.902. The van der Waals surface area contributed by atoms with Crippen LogP contribution in [-0.4, -0.2) is 30.8 Å². The molecule has 1 heterocycles. The van der Waals surface area contributed by atoms with Crippen LogP contribution < -0.4 is 10.6 Å². The number of nitrogens with one attached hydrogen (secondary N) is 2. The van der Waals surface area contributed by atoms with Gasteiger partial charge in [-0.15, -0.1) is 0 Å². The van der Waals surface area contributed by atoms with Gasteiger partial charge in [0.2, 0.25) is 0 Å². The first-order valence-electron chi connectivity index (χ1n) is 8.09. The van der Waals surface area contributed by atoms with Crippen LogP contribution in [0.1, 0.15) is 38.3 Å². The first-order valence-corrected chi connectivity index (χ1v) is 8.09. The van der Waals surface area contributed by atoms with Gasteiger partial charge in [-0.2, -0.15) is 0 Å². The van der Waals surface area contributed by atoms with Crippen molar-refractivity contribution in [1.82, 2.24) is 10.6 Å². The summed E-state index contributed by atoms with van der Waals surface area (Å²) >= 11 is 0. The van der Waals surface area contributed by atoms with Crippen molar-refractivity contribution in [3.05, 3.63) is 35.4 Å². The maximum absolute atomic E-state index is 12.0. The third kappa shape index (κ3) is 5.34. The number of amides is 1. The van der Waals surface area contributed by atoms with Gasteiger partial charge in [0.25, 0.3) is 0 Å². The van der Waals surface area contributed by atoms with Gasteiger partial charge in [0.1, 0.15) is 5.60 Å². The highest BCUT2D eigenvalue weighted by Gasteiger charge is 2.28. The van der Waals surface area contributed by atoms with Crippen LogP contribution in [0, 0.1) is 12.8 Å². The van der Waals surface area contributed by atoms with E-state index in [0.717, 1.165) is 25.9 Å². The standard InChI is InChI=1S/C18H28N2O2/c1-13-6-5-7-14(10-13)11-15-12-19-9-8-16(15)20-17(21)22-18(2,3)4/h5-7,10,15-16,19H,8-9,11-12H2,1-4H3,(H,20,21)/t15-,16+/m0/s1. The molecule has 2 atom stereocenters. The van der Waals surface area contributed by atoms with Gasteiger partial charge < -0.3 is 15.4 Å². The lowest BCUT2D eigenvalue weighted by Crippen LogP contribution is -2.51. The summed E-state index contributed by atoms with van der Waals surface area (Å²) in [5.41, 5.74) is 2.14. The molecule has 0 bridgehead atoms. The molecule has 2 N–H and O–H groups in total. The fourth-order valence-corrected chi connectivity index (χ4v) is 2.93. The second-order valence-electron chi connectivity index (χ2n) is 7.20. The molecule has 4 heteroatoms. The second kappa shape index (κ2) is 7.14. The average Bonchev–Trinajstić information content (AvgIpc) is 2.39. The molecule has 1 fully saturated rings. The number of aryl methyl sites for hydroxylation is 1. The topological polar surface area (TPSA) is 50.4 Å². The van der Waals surface area contributed by atoms with Crippen LogP contribution in [0.3, 0.4) is 0 Å². The van der Waals surface area contributed by atoms with E-state index in [9.17, 15) is 4.79 Å². The van der Waals surface area contributed by atoms with Gasteiger partial charge in [-0.3, -0.25) is 0 Å². The Morgan fingerprint density at radius 2 is 2.18 bits per heavy atom. The van der Waals surface area contributed by atoms with Crippen molar-refractivity contribution in [2.45, 2.75) is 52.2 Å². The Kier molecular flexibility index (Phi) is 5.46. The molecule has 0 aliphatic carbocycles. The summed E-state index contributed by atoms with van der Waals surface area (Å²) in [6.45, 7) is 9.63. The van der Waals surface area contributed by atoms with Crippen LogP contribution in [0.15, 0.2) is 24.3 Å². The van der Waals surface area contributed by atoms with Crippen LogP contribution in [0.2, 0.25) is 0 Å². The van der Waals surface area contributed by atoms with E-state index in [1.807, 2.05) is 20.8 Å². The molecule has 0 radical (unpaired) electrons. The summed E-state index contributed by atoms with van der Waals surface area (Å²) in [6, 6.07) is 8.75. The molecule has 0 aromatic heterocycles. The predicted molar refractivity (Wildman–Crippen MR) is 89.0 cm³/mol. The van der Waals surface area contributed by atoms with Crippen molar-refractivity contribution >= 4 is 6.09 Å². The Labute approximate surface area is 133 Å². The average molecular weight is 304 g/mol. The van der Waals surface area contributed by atoms with Gasteiger partial charge >= 0.3 is 6.09 Å². The summed E-state index contributed by atoms with van der Waals surface area (Å²) in [5, 5.41) is 6.49. The lowest BCUT2D eigenvalue weighted by atomic mass is 9.87. The number of carbonyl (C=O) groups is 1. The van der Waals surface area contributed by atoms with E-state index in [2.05, 4.69) is 41.8 Å². The molecule has 0 unspecified atom stereocenters. The molecular formula is C18H28N2O2. The van der Waals surface area contributed by atoms with Crippen LogP contribution in [0.4, 0.5) is 4.79 Å². The lowest BCUT2D eigenvalue weighted by Gasteiger charge is -2.33. The Morgan fingerprint density at radius 1 is 1.41 bits per heavy atom. The Morgan fingerprint density at radius 3 is 2.86 bits per heavy atom. The first-order chi connectivity index (χ1) is 10.3. The van der Waals surface area contributed by atoms with E-state index in [4.69, 9.17) is 4.74 Å². The number of hydrogen-bond donors (Lipinski definition) is 2. The molecule has 2 rings (SSSR count). The monoisotopic (exact) mass is 304 g/mol. The zero-order valence-electron chi connectivity index (χ0n) is 14.1. The van der Waals surface area contributed by atoms with Gasteiger partial charge in [0.05, 0.1) is 0 Å². The number of hydrogen-bond acceptors (Lipinski definition) is 3. The van der Waals surface area contributed by atoms with E-state index in [0.29, 0.717) is 5.92 Å². The molecule has 0 saturated carbocycles. The van der Waals surface area contributed by atoms with Crippen molar-refractivity contribution < 1.29 is 9.53 Å². The highest BCUT2D eigenvalue weighted by atomic mass is 16.6. The summed E-state index contributed by atoms with van der Waals surface area (Å²) in [7, 11) is 0. The zero-order chi connectivity index (χ0) is 16.2. The maximum atomic E-state index is 12.0. The van der Waals surface area contributed by atoms with Crippen molar-refractivity contribution in [1.29, 1.82) is 0 Å². The summed E-state index contributed by atoms with van der Waals surface area (Å²) in [4.78, 5) is 12.0. The number of rotatable bonds is 3. The number of alkyl carbamates (subject to hydrolysis) is 1. The molecule has 1 aromatic rings. The fourth-order valence-electron chi connectivity index (χ4n) is 2.93. The molecule has 22 heavy (non-hydrogen) atoms. The smallest absolute Gasteiger partial charge is 0.407 e. The van der Waals surface area contributed by atoms with Crippen molar-refractivity contribution in [2.75, 3.05) is 13.1 Å². The van der Waals surface area contributed by atoms with Crippen LogP contribution in [-0.2, 0) is 11.2 Å². The Hall–Kier alpha value is -1.55. The van der Waals surface area contributed by atoms with E-state index in [1.54, 1.807) is 0 Å². The molecule has 1 aliphatic rings. The van der Waals surface area contributed by atoms with E-state index in [-0.39, 0.29) is 12.1 Å². The molecule has 4 nitrogen and oxygen atoms in total. The fraction of sp³-hybridized carbons (Fsp3) is 0.611. The van der Waals surface area contributed by atoms with Gasteiger partial charge in [0, 0.05) is 12.6 Å². The normalized spacial score (nSPS) is 22.2. The lowest BCUT2D eigenvalue weighted by molar-refractivity contribution is 0.0473. The first kappa shape index (κ1) is 16.8. The van der Waals surface area contributed by atoms with Gasteiger partial charge in [-0.05, 0) is 58.6 Å². The van der Waals surface area contributed by atoms with Crippen molar-refractivity contribution in [2.24, 2.45) is 5.92 Å². The molecular weight excluding hydrogens is 276 g/mol. The molecule has 1 aromatic carbocycles. The zero-order valence-corrected chi connectivity index (χ0v) is 14.1. The summed E-state index contributed by atoms with van der Waals surface area (Å²) in [6.07, 6.45) is 1.60. The van der Waals surface area contributed by atoms with E-state index < -0.39 is 5.60 Å². The van der Waals surface area contributed by atoms with Crippen LogP contribution >= 0.6 is 0 Å². The second-order valence-corrected chi connectivity index (χ2v) is 7.20. The number of ether oxygens (including phenoxy) is 1.